The number of nitrogens with two attached hydrogens (primary N) is 1. The first-order valence-electron chi connectivity index (χ1n) is 9.85. The summed E-state index contributed by atoms with van der Waals surface area (Å²) in [7, 11) is 1.38. The van der Waals surface area contributed by atoms with E-state index in [2.05, 4.69) is 5.32 Å². The van der Waals surface area contributed by atoms with Crippen LogP contribution in [0.3, 0.4) is 0 Å². The van der Waals surface area contributed by atoms with Crippen molar-refractivity contribution < 1.29 is 23.5 Å². The maximum Gasteiger partial charge on any atom is 0.264 e. The molecule has 164 valence electrons. The Morgan fingerprint density at radius 2 is 1.81 bits per heavy atom. The van der Waals surface area contributed by atoms with E-state index in [9.17, 15) is 18.8 Å². The average molecular weight is 428 g/mol. The number of hydrogen-bond donors (Lipinski definition) is 2. The van der Waals surface area contributed by atoms with E-state index < -0.39 is 29.7 Å². The molecule has 3 rings (SSSR count). The molecule has 8 nitrogen and oxygen atoms in total. The number of benzene rings is 2. The molecule has 9 heteroatoms. The lowest BCUT2D eigenvalue weighted by Crippen LogP contribution is -2.54. The van der Waals surface area contributed by atoms with Crippen molar-refractivity contribution in [3.63, 3.8) is 0 Å². The van der Waals surface area contributed by atoms with E-state index in [0.717, 1.165) is 17.2 Å². The molecule has 0 saturated carbocycles. The summed E-state index contributed by atoms with van der Waals surface area (Å²) in [6.45, 7) is 0.678. The Morgan fingerprint density at radius 3 is 2.52 bits per heavy atom. The smallest absolute Gasteiger partial charge is 0.264 e. The Morgan fingerprint density at radius 1 is 1.10 bits per heavy atom. The lowest BCUT2D eigenvalue weighted by molar-refractivity contribution is -0.144. The molecule has 1 aliphatic rings. The third-order valence-electron chi connectivity index (χ3n) is 5.02. The van der Waals surface area contributed by atoms with Crippen molar-refractivity contribution in [3.8, 4) is 0 Å². The molecule has 0 bridgehead atoms. The summed E-state index contributed by atoms with van der Waals surface area (Å²) in [4.78, 5) is 41.1. The van der Waals surface area contributed by atoms with Gasteiger partial charge in [0, 0.05) is 38.9 Å². The molecule has 2 aromatic carbocycles. The molecular weight excluding hydrogens is 403 g/mol. The lowest BCUT2D eigenvalue weighted by Gasteiger charge is -2.29. The van der Waals surface area contributed by atoms with E-state index in [0.29, 0.717) is 6.54 Å². The summed E-state index contributed by atoms with van der Waals surface area (Å²) in [6, 6.07) is 12.7. The van der Waals surface area contributed by atoms with Crippen LogP contribution in [-0.4, -0.2) is 60.5 Å². The highest BCUT2D eigenvalue weighted by atomic mass is 19.1. The van der Waals surface area contributed by atoms with Crippen LogP contribution >= 0.6 is 0 Å². The van der Waals surface area contributed by atoms with E-state index >= 15 is 0 Å². The Kier molecular flexibility index (Phi) is 7.32. The third-order valence-corrected chi connectivity index (χ3v) is 5.02. The molecule has 1 fully saturated rings. The van der Waals surface area contributed by atoms with Gasteiger partial charge >= 0.3 is 0 Å². The van der Waals surface area contributed by atoms with Crippen LogP contribution in [0.4, 0.5) is 4.39 Å². The first-order valence-corrected chi connectivity index (χ1v) is 9.85. The van der Waals surface area contributed by atoms with E-state index in [-0.39, 0.29) is 31.8 Å². The Labute approximate surface area is 179 Å². The van der Waals surface area contributed by atoms with E-state index in [1.165, 1.54) is 35.1 Å². The van der Waals surface area contributed by atoms with Crippen molar-refractivity contribution in [3.05, 3.63) is 71.0 Å². The van der Waals surface area contributed by atoms with Crippen molar-refractivity contribution in [1.29, 1.82) is 0 Å². The summed E-state index contributed by atoms with van der Waals surface area (Å²) >= 11 is 0. The van der Waals surface area contributed by atoms with Gasteiger partial charge in [0.15, 0.2) is 6.17 Å². The van der Waals surface area contributed by atoms with Gasteiger partial charge in [0.25, 0.3) is 17.7 Å². The van der Waals surface area contributed by atoms with Crippen molar-refractivity contribution in [1.82, 2.24) is 15.1 Å². The first-order chi connectivity index (χ1) is 14.9. The van der Waals surface area contributed by atoms with Gasteiger partial charge in [-0.05, 0) is 29.3 Å². The summed E-state index contributed by atoms with van der Waals surface area (Å²) in [6.07, 6.45) is -1.16. The molecule has 3 amide bonds. The van der Waals surface area contributed by atoms with Crippen molar-refractivity contribution in [2.45, 2.75) is 19.3 Å². The Hall–Kier alpha value is -3.30. The number of hydrogen-bond acceptors (Lipinski definition) is 5. The van der Waals surface area contributed by atoms with Gasteiger partial charge in [0.05, 0.1) is 0 Å². The van der Waals surface area contributed by atoms with E-state index in [1.807, 2.05) is 24.3 Å². The second-order valence-electron chi connectivity index (χ2n) is 7.14. The number of ether oxygens (including phenoxy) is 1. The summed E-state index contributed by atoms with van der Waals surface area (Å²) in [5.41, 5.74) is 7.53. The number of halogens is 1. The topological polar surface area (TPSA) is 105 Å². The van der Waals surface area contributed by atoms with E-state index in [4.69, 9.17) is 10.5 Å². The molecule has 1 heterocycles. The van der Waals surface area contributed by atoms with Crippen LogP contribution < -0.4 is 11.1 Å². The SMILES string of the molecule is COCC(=O)N1CCN(C(=O)c2cccc(F)c2)C1C(=O)NCc1cccc(CN)c1. The number of methoxy groups -OCH3 is 1. The van der Waals surface area contributed by atoms with Gasteiger partial charge in [-0.2, -0.15) is 0 Å². The van der Waals surface area contributed by atoms with Crippen molar-refractivity contribution in [2.24, 2.45) is 5.73 Å². The quantitative estimate of drug-likeness (QED) is 0.681. The number of carbonyl (C=O) groups excluding carboxylic acids is 3. The minimum absolute atomic E-state index is 0.106. The fourth-order valence-corrected chi connectivity index (χ4v) is 3.53. The van der Waals surface area contributed by atoms with Crippen LogP contribution in [0.5, 0.6) is 0 Å². The number of nitrogens with one attached hydrogen (secondary N) is 1. The van der Waals surface area contributed by atoms with Crippen molar-refractivity contribution >= 4 is 17.7 Å². The normalized spacial score (nSPS) is 15.8. The van der Waals surface area contributed by atoms with E-state index in [1.54, 1.807) is 0 Å². The fourth-order valence-electron chi connectivity index (χ4n) is 3.53. The number of amides is 3. The van der Waals surface area contributed by atoms with Gasteiger partial charge in [-0.1, -0.05) is 30.3 Å². The summed E-state index contributed by atoms with van der Waals surface area (Å²) in [5.74, 6) is -2.01. The molecule has 0 aliphatic carbocycles. The maximum atomic E-state index is 13.6. The Bertz CT molecular complexity index is 968. The molecular formula is C22H25FN4O4. The highest BCUT2D eigenvalue weighted by Gasteiger charge is 2.42. The third kappa shape index (κ3) is 5.25. The monoisotopic (exact) mass is 428 g/mol. The zero-order chi connectivity index (χ0) is 22.4. The van der Waals surface area contributed by atoms with Crippen LogP contribution in [0.25, 0.3) is 0 Å². The largest absolute Gasteiger partial charge is 0.375 e. The average Bonchev–Trinajstić information content (AvgIpc) is 3.22. The molecule has 1 unspecified atom stereocenters. The highest BCUT2D eigenvalue weighted by molar-refractivity contribution is 5.99. The van der Waals surface area contributed by atoms with Gasteiger partial charge in [-0.15, -0.1) is 0 Å². The Balaban J connectivity index is 1.81. The lowest BCUT2D eigenvalue weighted by atomic mass is 10.1. The molecule has 2 aromatic rings. The molecule has 1 aliphatic heterocycles. The van der Waals surface area contributed by atoms with Gasteiger partial charge in [-0.3, -0.25) is 14.4 Å². The predicted molar refractivity (Wildman–Crippen MR) is 111 cm³/mol. The van der Waals surface area contributed by atoms with Crippen LogP contribution in [0.1, 0.15) is 21.5 Å². The van der Waals surface area contributed by atoms with Gasteiger partial charge in [0.2, 0.25) is 0 Å². The predicted octanol–water partition coefficient (Wildman–Crippen LogP) is 0.858. The van der Waals surface area contributed by atoms with Gasteiger partial charge < -0.3 is 25.6 Å². The molecule has 0 radical (unpaired) electrons. The molecule has 31 heavy (non-hydrogen) atoms. The fraction of sp³-hybridized carbons (Fsp3) is 0.318. The second-order valence-corrected chi connectivity index (χ2v) is 7.14. The second kappa shape index (κ2) is 10.1. The zero-order valence-corrected chi connectivity index (χ0v) is 17.2. The molecule has 0 spiro atoms. The number of nitrogens with zero attached hydrogens (tertiary/aromatic N) is 2. The highest BCUT2D eigenvalue weighted by Crippen LogP contribution is 2.20. The zero-order valence-electron chi connectivity index (χ0n) is 17.2. The summed E-state index contributed by atoms with van der Waals surface area (Å²) in [5, 5.41) is 2.78. The number of carbonyl (C=O) groups is 3. The number of rotatable bonds is 7. The standard InChI is InChI=1S/C22H25FN4O4/c1-31-14-19(28)26-8-9-27(22(30)17-6-3-7-18(23)11-17)21(26)20(29)25-13-16-5-2-4-15(10-16)12-24/h2-7,10-11,21H,8-9,12-14,24H2,1H3,(H,25,29). The minimum Gasteiger partial charge on any atom is -0.375 e. The van der Waals surface area contributed by atoms with Crippen LogP contribution in [-0.2, 0) is 27.4 Å². The van der Waals surface area contributed by atoms with Crippen molar-refractivity contribution in [2.75, 3.05) is 26.8 Å². The molecule has 1 saturated heterocycles. The van der Waals surface area contributed by atoms with Gasteiger partial charge in [-0.25, -0.2) is 4.39 Å². The first kappa shape index (κ1) is 22.4. The molecule has 1 atom stereocenters. The molecule has 3 N–H and O–H groups in total. The minimum atomic E-state index is -1.16. The summed E-state index contributed by atoms with van der Waals surface area (Å²) < 4.78 is 18.5. The van der Waals surface area contributed by atoms with Crippen LogP contribution in [0.15, 0.2) is 48.5 Å². The van der Waals surface area contributed by atoms with Gasteiger partial charge in [0.1, 0.15) is 12.4 Å². The van der Waals surface area contributed by atoms with Crippen LogP contribution in [0, 0.1) is 5.82 Å². The molecule has 0 aromatic heterocycles. The maximum absolute atomic E-state index is 13.6. The van der Waals surface area contributed by atoms with Crippen LogP contribution in [0.2, 0.25) is 0 Å².